The second kappa shape index (κ2) is 10.1. The fourth-order valence-corrected chi connectivity index (χ4v) is 3.82. The predicted octanol–water partition coefficient (Wildman–Crippen LogP) is 6.12. The van der Waals surface area contributed by atoms with Crippen LogP contribution in [0.3, 0.4) is 0 Å². The lowest BCUT2D eigenvalue weighted by Gasteiger charge is -2.26. The summed E-state index contributed by atoms with van der Waals surface area (Å²) in [5, 5.41) is 11.5. The van der Waals surface area contributed by atoms with Gasteiger partial charge in [0.05, 0.1) is 5.56 Å². The van der Waals surface area contributed by atoms with Crippen molar-refractivity contribution < 1.29 is 23.8 Å². The lowest BCUT2D eigenvalue weighted by Crippen LogP contribution is -2.20. The molecule has 1 amide bonds. The number of rotatable bonds is 6. The number of carbonyl (C=O) groups is 2. The number of benzene rings is 2. The highest BCUT2D eigenvalue weighted by Gasteiger charge is 2.21. The van der Waals surface area contributed by atoms with Crippen LogP contribution in [0.4, 0.5) is 14.9 Å². The van der Waals surface area contributed by atoms with Crippen LogP contribution in [0.2, 0.25) is 0 Å². The number of allylic oxidation sites excluding steroid dienone is 1. The molecule has 0 aliphatic heterocycles. The van der Waals surface area contributed by atoms with E-state index in [0.717, 1.165) is 36.8 Å². The lowest BCUT2D eigenvalue weighted by molar-refractivity contribution is 0.0697. The van der Waals surface area contributed by atoms with Crippen molar-refractivity contribution in [2.75, 3.05) is 5.32 Å². The van der Waals surface area contributed by atoms with Crippen LogP contribution < -0.4 is 5.32 Å². The summed E-state index contributed by atoms with van der Waals surface area (Å²) in [5.41, 5.74) is 2.62. The molecule has 3 rings (SSSR count). The molecular formula is C24H26FNO4. The van der Waals surface area contributed by atoms with Crippen molar-refractivity contribution in [1.29, 1.82) is 0 Å². The van der Waals surface area contributed by atoms with E-state index < -0.39 is 18.2 Å². The zero-order valence-electron chi connectivity index (χ0n) is 16.9. The first-order valence-corrected chi connectivity index (χ1v) is 10.2. The molecule has 0 spiro atoms. The highest BCUT2D eigenvalue weighted by Crippen LogP contribution is 2.36. The summed E-state index contributed by atoms with van der Waals surface area (Å²) >= 11 is 0. The molecule has 0 radical (unpaired) electrons. The van der Waals surface area contributed by atoms with E-state index in [1.807, 2.05) is 6.08 Å². The number of carboxylic acids is 1. The fraction of sp³-hybridized carbons (Fsp3) is 0.333. The first-order valence-electron chi connectivity index (χ1n) is 10.2. The third kappa shape index (κ3) is 5.92. The molecule has 1 unspecified atom stereocenters. The molecule has 0 heterocycles. The third-order valence-corrected chi connectivity index (χ3v) is 5.31. The standard InChI is InChI=1S/C24H26FNO4/c1-16(30-24(29)26-21-13-9-19(10-14-21)23(27)28)15-22(17-5-3-2-4-6-17)18-7-11-20(25)12-8-18/h7-17H,2-6H2,1H3,(H,26,29)(H,27,28)/b22-15-. The summed E-state index contributed by atoms with van der Waals surface area (Å²) in [5.74, 6) is -0.944. The van der Waals surface area contributed by atoms with E-state index in [0.29, 0.717) is 11.6 Å². The van der Waals surface area contributed by atoms with E-state index >= 15 is 0 Å². The summed E-state index contributed by atoms with van der Waals surface area (Å²) in [6.45, 7) is 1.79. The molecule has 1 aliphatic carbocycles. The second-order valence-corrected chi connectivity index (χ2v) is 7.58. The average molecular weight is 411 g/mol. The van der Waals surface area contributed by atoms with Crippen LogP contribution in [-0.2, 0) is 4.74 Å². The molecular weight excluding hydrogens is 385 g/mol. The molecule has 1 fully saturated rings. The topological polar surface area (TPSA) is 75.6 Å². The second-order valence-electron chi connectivity index (χ2n) is 7.58. The van der Waals surface area contributed by atoms with Gasteiger partial charge in [0.25, 0.3) is 0 Å². The number of nitrogens with one attached hydrogen (secondary N) is 1. The van der Waals surface area contributed by atoms with E-state index in [9.17, 15) is 14.0 Å². The quantitative estimate of drug-likeness (QED) is 0.600. The summed E-state index contributed by atoms with van der Waals surface area (Å²) in [7, 11) is 0. The molecule has 0 aromatic heterocycles. The predicted molar refractivity (Wildman–Crippen MR) is 114 cm³/mol. The fourth-order valence-electron chi connectivity index (χ4n) is 3.82. The Kier molecular flexibility index (Phi) is 7.22. The largest absolute Gasteiger partial charge is 0.478 e. The highest BCUT2D eigenvalue weighted by atomic mass is 19.1. The van der Waals surface area contributed by atoms with Crippen LogP contribution in [0.15, 0.2) is 54.6 Å². The molecule has 0 saturated heterocycles. The van der Waals surface area contributed by atoms with Gasteiger partial charge >= 0.3 is 12.1 Å². The van der Waals surface area contributed by atoms with Gasteiger partial charge in [-0.2, -0.15) is 0 Å². The summed E-state index contributed by atoms with van der Waals surface area (Å²) < 4.78 is 18.9. The first kappa shape index (κ1) is 21.6. The van der Waals surface area contributed by atoms with Gasteiger partial charge in [-0.15, -0.1) is 0 Å². The van der Waals surface area contributed by atoms with Crippen LogP contribution in [0.1, 0.15) is 54.9 Å². The zero-order chi connectivity index (χ0) is 21.5. The number of aromatic carboxylic acids is 1. The number of carbonyl (C=O) groups excluding carboxylic acids is 1. The van der Waals surface area contributed by atoms with E-state index in [1.54, 1.807) is 19.1 Å². The minimum absolute atomic E-state index is 0.140. The van der Waals surface area contributed by atoms with Crippen molar-refractivity contribution in [3.63, 3.8) is 0 Å². The smallest absolute Gasteiger partial charge is 0.412 e. The van der Waals surface area contributed by atoms with Gasteiger partial charge in [-0.25, -0.2) is 14.0 Å². The Morgan fingerprint density at radius 2 is 1.63 bits per heavy atom. The third-order valence-electron chi connectivity index (χ3n) is 5.31. The van der Waals surface area contributed by atoms with Crippen LogP contribution in [0.25, 0.3) is 5.57 Å². The molecule has 1 atom stereocenters. The Hall–Kier alpha value is -3.15. The van der Waals surface area contributed by atoms with Crippen molar-refractivity contribution in [2.45, 2.75) is 45.1 Å². The van der Waals surface area contributed by atoms with Crippen LogP contribution >= 0.6 is 0 Å². The van der Waals surface area contributed by atoms with Gasteiger partial charge in [-0.1, -0.05) is 31.4 Å². The zero-order valence-corrected chi connectivity index (χ0v) is 16.9. The molecule has 2 N–H and O–H groups in total. The van der Waals surface area contributed by atoms with Gasteiger partial charge < -0.3 is 9.84 Å². The number of hydrogen-bond acceptors (Lipinski definition) is 3. The Morgan fingerprint density at radius 3 is 2.23 bits per heavy atom. The monoisotopic (exact) mass is 411 g/mol. The van der Waals surface area contributed by atoms with Crippen molar-refractivity contribution in [3.05, 3.63) is 71.6 Å². The first-order chi connectivity index (χ1) is 14.4. The summed E-state index contributed by atoms with van der Waals surface area (Å²) in [6, 6.07) is 12.3. The maximum atomic E-state index is 13.4. The Balaban J connectivity index is 1.69. The minimum atomic E-state index is -1.03. The van der Waals surface area contributed by atoms with Gasteiger partial charge in [0.1, 0.15) is 11.9 Å². The van der Waals surface area contributed by atoms with Crippen LogP contribution in [-0.4, -0.2) is 23.3 Å². The molecule has 1 aliphatic rings. The number of carboxylic acid groups (broad SMARTS) is 1. The Bertz CT molecular complexity index is 900. The highest BCUT2D eigenvalue weighted by molar-refractivity contribution is 5.89. The molecule has 30 heavy (non-hydrogen) atoms. The molecule has 6 heteroatoms. The van der Waals surface area contributed by atoms with Crippen molar-refractivity contribution in [1.82, 2.24) is 0 Å². The van der Waals surface area contributed by atoms with Gasteiger partial charge in [0.15, 0.2) is 0 Å². The van der Waals surface area contributed by atoms with Gasteiger partial charge in [0.2, 0.25) is 0 Å². The Morgan fingerprint density at radius 1 is 1.03 bits per heavy atom. The maximum absolute atomic E-state index is 13.4. The van der Waals surface area contributed by atoms with E-state index in [4.69, 9.17) is 9.84 Å². The summed E-state index contributed by atoms with van der Waals surface area (Å²) in [4.78, 5) is 23.2. The molecule has 2 aromatic carbocycles. The number of halogens is 1. The van der Waals surface area contributed by atoms with E-state index in [1.165, 1.54) is 42.8 Å². The molecule has 1 saturated carbocycles. The van der Waals surface area contributed by atoms with Gasteiger partial charge in [-0.05, 0) is 79.3 Å². The molecule has 0 bridgehead atoms. The van der Waals surface area contributed by atoms with Gasteiger partial charge in [0, 0.05) is 5.69 Å². The minimum Gasteiger partial charge on any atom is -0.478 e. The molecule has 5 nitrogen and oxygen atoms in total. The normalized spacial score (nSPS) is 16.0. The maximum Gasteiger partial charge on any atom is 0.412 e. The van der Waals surface area contributed by atoms with Crippen molar-refractivity contribution in [3.8, 4) is 0 Å². The van der Waals surface area contributed by atoms with Gasteiger partial charge in [-0.3, -0.25) is 5.32 Å². The SMILES string of the molecule is CC(/C=C(\c1ccc(F)cc1)C1CCCCC1)OC(=O)Nc1ccc(C(=O)O)cc1. The van der Waals surface area contributed by atoms with Crippen LogP contribution in [0.5, 0.6) is 0 Å². The number of anilines is 1. The van der Waals surface area contributed by atoms with E-state index in [2.05, 4.69) is 5.32 Å². The van der Waals surface area contributed by atoms with Crippen molar-refractivity contribution in [2.24, 2.45) is 5.92 Å². The number of amides is 1. The van der Waals surface area contributed by atoms with E-state index in [-0.39, 0.29) is 11.4 Å². The lowest BCUT2D eigenvalue weighted by atomic mass is 9.80. The number of ether oxygens (including phenoxy) is 1. The van der Waals surface area contributed by atoms with Crippen LogP contribution in [0, 0.1) is 11.7 Å². The Labute approximate surface area is 175 Å². The molecule has 2 aromatic rings. The summed E-state index contributed by atoms with van der Waals surface area (Å²) in [6.07, 6.45) is 6.51. The average Bonchev–Trinajstić information content (AvgIpc) is 2.73. The van der Waals surface area contributed by atoms with Crippen molar-refractivity contribution >= 4 is 23.3 Å². The number of hydrogen-bond donors (Lipinski definition) is 2. The molecule has 158 valence electrons.